The first kappa shape index (κ1) is 18.7. The molecule has 3 rings (SSSR count). The molecule has 0 aliphatic carbocycles. The van der Waals surface area contributed by atoms with Crippen molar-refractivity contribution in [2.45, 2.75) is 26.5 Å². The van der Waals surface area contributed by atoms with Crippen molar-refractivity contribution in [1.29, 1.82) is 0 Å². The van der Waals surface area contributed by atoms with Crippen LogP contribution in [0, 0.1) is 13.8 Å². The molecule has 0 aliphatic heterocycles. The molecule has 0 spiro atoms. The molecule has 0 fully saturated rings. The smallest absolute Gasteiger partial charge is 0.244 e. The zero-order chi connectivity index (χ0) is 16.4. The van der Waals surface area contributed by atoms with Gasteiger partial charge in [-0.05, 0) is 49.2 Å². The minimum absolute atomic E-state index is 0. The van der Waals surface area contributed by atoms with Crippen LogP contribution in [0.15, 0.2) is 48.8 Å². The van der Waals surface area contributed by atoms with Crippen LogP contribution in [-0.2, 0) is 13.6 Å². The Kier molecular flexibility index (Phi) is 6.23. The van der Waals surface area contributed by atoms with Crippen molar-refractivity contribution in [3.8, 4) is 5.75 Å². The van der Waals surface area contributed by atoms with Gasteiger partial charge in [-0.2, -0.15) is 0 Å². The lowest BCUT2D eigenvalue weighted by Crippen LogP contribution is -3.00. The number of para-hydroxylation sites is 1. The molecule has 1 N–H and O–H groups in total. The largest absolute Gasteiger partial charge is 1.00 e. The number of benzene rings is 2. The number of hydrogen-bond donors (Lipinski definition) is 1. The molecule has 128 valence electrons. The number of halogens is 1. The summed E-state index contributed by atoms with van der Waals surface area (Å²) in [5.41, 5.74) is 4.84. The van der Waals surface area contributed by atoms with Crippen LogP contribution in [0.3, 0.4) is 0 Å². The number of aliphatic hydroxyl groups is 1. The lowest BCUT2D eigenvalue weighted by atomic mass is 10.1. The molecule has 5 heteroatoms. The predicted octanol–water partition coefficient (Wildman–Crippen LogP) is -0.473. The summed E-state index contributed by atoms with van der Waals surface area (Å²) in [6.07, 6.45) is 1.46. The van der Waals surface area contributed by atoms with Crippen LogP contribution in [-0.4, -0.2) is 22.4 Å². The van der Waals surface area contributed by atoms with Crippen molar-refractivity contribution < 1.29 is 38.4 Å². The molecule has 1 aromatic heterocycles. The summed E-state index contributed by atoms with van der Waals surface area (Å²) in [6.45, 7) is 5.01. The molecule has 0 bridgehead atoms. The summed E-state index contributed by atoms with van der Waals surface area (Å²) in [4.78, 5) is 0. The van der Waals surface area contributed by atoms with Gasteiger partial charge in [0.2, 0.25) is 6.33 Å². The summed E-state index contributed by atoms with van der Waals surface area (Å²) in [6, 6.07) is 13.9. The number of hydrogen-bond acceptors (Lipinski definition) is 2. The average Bonchev–Trinajstić information content (AvgIpc) is 2.82. The molecule has 24 heavy (non-hydrogen) atoms. The number of imidazole rings is 1. The number of rotatable bonds is 5. The zero-order valence-corrected chi connectivity index (χ0v) is 16.4. The van der Waals surface area contributed by atoms with Gasteiger partial charge in [0.15, 0.2) is 11.0 Å². The highest BCUT2D eigenvalue weighted by Gasteiger charge is 2.18. The van der Waals surface area contributed by atoms with Crippen LogP contribution < -0.4 is 33.3 Å². The van der Waals surface area contributed by atoms with Gasteiger partial charge in [-0.3, -0.25) is 0 Å². The van der Waals surface area contributed by atoms with Gasteiger partial charge >= 0.3 is 0 Å². The lowest BCUT2D eigenvalue weighted by molar-refractivity contribution is -0.645. The Morgan fingerprint density at radius 1 is 1.12 bits per heavy atom. The molecule has 0 aliphatic rings. The van der Waals surface area contributed by atoms with Gasteiger partial charge in [0, 0.05) is 0 Å². The number of aromatic nitrogens is 2. The second-order valence-corrected chi connectivity index (χ2v) is 6.08. The SMILES string of the molecule is Cc1cc2c(cc1C)[n+](C)cn2CC(O)COc1ccccc1.[I-]. The topological polar surface area (TPSA) is 38.3 Å². The van der Waals surface area contributed by atoms with E-state index in [1.165, 1.54) is 16.6 Å². The van der Waals surface area contributed by atoms with E-state index in [2.05, 4.69) is 35.1 Å². The first-order valence-corrected chi connectivity index (χ1v) is 7.86. The van der Waals surface area contributed by atoms with Gasteiger partial charge in [0.25, 0.3) is 0 Å². The van der Waals surface area contributed by atoms with Crippen molar-refractivity contribution in [1.82, 2.24) is 4.57 Å². The van der Waals surface area contributed by atoms with Gasteiger partial charge in [0.05, 0.1) is 7.05 Å². The average molecular weight is 438 g/mol. The Morgan fingerprint density at radius 2 is 1.79 bits per heavy atom. The molecule has 0 amide bonds. The van der Waals surface area contributed by atoms with E-state index in [1.807, 2.05) is 43.7 Å². The summed E-state index contributed by atoms with van der Waals surface area (Å²) in [5.74, 6) is 0.779. The molecular weight excluding hydrogens is 415 g/mol. The molecular formula is C19H23IN2O2. The molecule has 0 saturated carbocycles. The van der Waals surface area contributed by atoms with Gasteiger partial charge in [-0.15, -0.1) is 0 Å². The minimum Gasteiger partial charge on any atom is -1.00 e. The van der Waals surface area contributed by atoms with Gasteiger partial charge in [-0.1, -0.05) is 18.2 Å². The summed E-state index contributed by atoms with van der Waals surface area (Å²) in [7, 11) is 2.03. The molecule has 0 saturated heterocycles. The highest BCUT2D eigenvalue weighted by molar-refractivity contribution is 5.74. The maximum Gasteiger partial charge on any atom is 0.244 e. The Balaban J connectivity index is 0.00000208. The maximum atomic E-state index is 10.3. The van der Waals surface area contributed by atoms with Crippen LogP contribution in [0.2, 0.25) is 0 Å². The van der Waals surface area contributed by atoms with E-state index in [1.54, 1.807) is 0 Å². The summed E-state index contributed by atoms with van der Waals surface area (Å²) < 4.78 is 9.81. The zero-order valence-electron chi connectivity index (χ0n) is 14.2. The number of nitrogens with zero attached hydrogens (tertiary/aromatic N) is 2. The van der Waals surface area contributed by atoms with Crippen molar-refractivity contribution in [3.05, 3.63) is 59.9 Å². The summed E-state index contributed by atoms with van der Waals surface area (Å²) >= 11 is 0. The Bertz CT molecular complexity index is 815. The van der Waals surface area contributed by atoms with Crippen molar-refractivity contribution in [2.24, 2.45) is 7.05 Å². The van der Waals surface area contributed by atoms with Crippen LogP contribution in [0.1, 0.15) is 11.1 Å². The van der Waals surface area contributed by atoms with Crippen molar-refractivity contribution >= 4 is 11.0 Å². The van der Waals surface area contributed by atoms with E-state index in [-0.39, 0.29) is 30.6 Å². The van der Waals surface area contributed by atoms with E-state index < -0.39 is 6.10 Å². The van der Waals surface area contributed by atoms with E-state index in [4.69, 9.17) is 4.74 Å². The van der Waals surface area contributed by atoms with Crippen LogP contribution in [0.5, 0.6) is 5.75 Å². The lowest BCUT2D eigenvalue weighted by Gasteiger charge is -2.11. The number of fused-ring (bicyclic) bond motifs is 1. The number of aliphatic hydroxyl groups excluding tert-OH is 1. The molecule has 2 aromatic carbocycles. The fourth-order valence-corrected chi connectivity index (χ4v) is 2.77. The number of aryl methyl sites for hydroxylation is 3. The third kappa shape index (κ3) is 4.08. The molecule has 0 radical (unpaired) electrons. The maximum absolute atomic E-state index is 10.3. The van der Waals surface area contributed by atoms with E-state index >= 15 is 0 Å². The van der Waals surface area contributed by atoms with Crippen LogP contribution in [0.4, 0.5) is 0 Å². The fraction of sp³-hybridized carbons (Fsp3) is 0.316. The Labute approximate surface area is 159 Å². The standard InChI is InChI=1S/C19H23N2O2.HI/c1-14-9-18-19(10-15(14)2)21(13-20(18)3)11-16(22)12-23-17-7-5-4-6-8-17;/h4-10,13,16,22H,11-12H2,1-3H3;1H/q+1;/p-1. The first-order valence-electron chi connectivity index (χ1n) is 7.86. The van der Waals surface area contributed by atoms with Crippen LogP contribution in [0.25, 0.3) is 11.0 Å². The van der Waals surface area contributed by atoms with E-state index in [0.717, 1.165) is 11.3 Å². The first-order chi connectivity index (χ1) is 11.0. The molecule has 1 unspecified atom stereocenters. The normalized spacial score (nSPS) is 12.0. The van der Waals surface area contributed by atoms with Gasteiger partial charge < -0.3 is 33.8 Å². The third-order valence-electron chi connectivity index (χ3n) is 4.19. The molecule has 4 nitrogen and oxygen atoms in total. The molecule has 1 heterocycles. The van der Waals surface area contributed by atoms with Gasteiger partial charge in [-0.25, -0.2) is 9.13 Å². The second kappa shape index (κ2) is 7.98. The molecule has 1 atom stereocenters. The third-order valence-corrected chi connectivity index (χ3v) is 4.19. The highest BCUT2D eigenvalue weighted by Crippen LogP contribution is 2.17. The quantitative estimate of drug-likeness (QED) is 0.432. The highest BCUT2D eigenvalue weighted by atomic mass is 127. The second-order valence-electron chi connectivity index (χ2n) is 6.08. The van der Waals surface area contributed by atoms with E-state index in [9.17, 15) is 5.11 Å². The van der Waals surface area contributed by atoms with E-state index in [0.29, 0.717) is 6.54 Å². The Morgan fingerprint density at radius 3 is 2.50 bits per heavy atom. The summed E-state index contributed by atoms with van der Waals surface area (Å²) in [5, 5.41) is 10.3. The van der Waals surface area contributed by atoms with Crippen molar-refractivity contribution in [2.75, 3.05) is 6.61 Å². The minimum atomic E-state index is -0.563. The number of ether oxygens (including phenoxy) is 1. The van der Waals surface area contributed by atoms with Crippen LogP contribution >= 0.6 is 0 Å². The monoisotopic (exact) mass is 438 g/mol. The Hall–Kier alpha value is -1.60. The van der Waals surface area contributed by atoms with Gasteiger partial charge in [0.1, 0.15) is 25.0 Å². The fourth-order valence-electron chi connectivity index (χ4n) is 2.77. The molecule has 3 aromatic rings. The van der Waals surface area contributed by atoms with Crippen molar-refractivity contribution in [3.63, 3.8) is 0 Å². The predicted molar refractivity (Wildman–Crippen MR) is 90.5 cm³/mol.